The molecule has 0 aliphatic carbocycles. The first kappa shape index (κ1) is 35.4. The predicted octanol–water partition coefficient (Wildman–Crippen LogP) is 8.45. The monoisotopic (exact) mass is 701 g/mol. The van der Waals surface area contributed by atoms with E-state index in [0.29, 0.717) is 0 Å². The highest BCUT2D eigenvalue weighted by atomic mass is 32.2. The van der Waals surface area contributed by atoms with Crippen LogP contribution in [0.15, 0.2) is 70.5 Å². The Morgan fingerprint density at radius 2 is 1.46 bits per heavy atom. The molecule has 0 spiro atoms. The molecule has 0 saturated carbocycles. The molecule has 5 rings (SSSR count). The summed E-state index contributed by atoms with van der Waals surface area (Å²) < 4.78 is 115. The maximum Gasteiger partial charge on any atom is 0.268 e. The van der Waals surface area contributed by atoms with Crippen molar-refractivity contribution >= 4 is 33.1 Å². The molecular weight excluding hydrogens is 684 g/mol. The van der Waals surface area contributed by atoms with Crippen LogP contribution in [0.5, 0.6) is 23.0 Å². The maximum absolute atomic E-state index is 13.5. The zero-order valence-electron chi connectivity index (χ0n) is 24.1. The van der Waals surface area contributed by atoms with Crippen molar-refractivity contribution in [1.29, 1.82) is 10.5 Å². The van der Waals surface area contributed by atoms with E-state index in [-0.39, 0.29) is 60.9 Å². The molecule has 8 nitrogen and oxygen atoms in total. The maximum atomic E-state index is 13.5. The number of fused-ring (bicyclic) bond motifs is 1. The average molecular weight is 702 g/mol. The number of Topliss-reactive ketones (excluding diaryl/α,β-unsaturated/α-hetero) is 1. The Labute approximate surface area is 273 Å². The minimum atomic E-state index is -3.05. The second-order valence-electron chi connectivity index (χ2n) is 9.54. The van der Waals surface area contributed by atoms with Gasteiger partial charge in [-0.1, -0.05) is 0 Å². The van der Waals surface area contributed by atoms with Gasteiger partial charge in [-0.3, -0.25) is 13.2 Å². The molecule has 0 amide bonds. The summed E-state index contributed by atoms with van der Waals surface area (Å²) in [6.45, 7) is 6.88. The quantitative estimate of drug-likeness (QED) is 0.140. The second kappa shape index (κ2) is 14.9. The minimum absolute atomic E-state index is 0.0204. The number of ketones is 1. The van der Waals surface area contributed by atoms with Gasteiger partial charge in [-0.15, -0.1) is 0 Å². The van der Waals surface area contributed by atoms with Crippen molar-refractivity contribution in [3.05, 3.63) is 112 Å². The molecule has 48 heavy (non-hydrogen) atoms. The van der Waals surface area contributed by atoms with Gasteiger partial charge in [0.2, 0.25) is 0 Å². The summed E-state index contributed by atoms with van der Waals surface area (Å²) >= 11 is 0. The SMILES string of the molecule is N#Cc1cc(F)cc(Oc2ccc3c(c2C(F)F)S(=O)CC3=O)c1.[C-]#[N+]c1cc(F)cc(Oc2ccc(C#N)c(S(C)=O)c2C(F)F)c1. The van der Waals surface area contributed by atoms with Crippen LogP contribution in [0.3, 0.4) is 0 Å². The van der Waals surface area contributed by atoms with Crippen LogP contribution < -0.4 is 9.47 Å². The van der Waals surface area contributed by atoms with Gasteiger partial charge >= 0.3 is 0 Å². The van der Waals surface area contributed by atoms with Gasteiger partial charge in [0.05, 0.1) is 72.0 Å². The molecule has 2 atom stereocenters. The lowest BCUT2D eigenvalue weighted by atomic mass is 10.1. The van der Waals surface area contributed by atoms with Gasteiger partial charge in [0, 0.05) is 24.0 Å². The molecule has 1 heterocycles. The van der Waals surface area contributed by atoms with Crippen LogP contribution in [0.1, 0.15) is 45.5 Å². The topological polar surface area (TPSA) is 122 Å². The molecule has 0 N–H and O–H groups in total. The average Bonchev–Trinajstić information content (AvgIpc) is 3.32. The van der Waals surface area contributed by atoms with E-state index in [4.69, 9.17) is 26.6 Å². The number of nitriles is 2. The van der Waals surface area contributed by atoms with Crippen LogP contribution in [-0.2, 0) is 21.6 Å². The van der Waals surface area contributed by atoms with Crippen molar-refractivity contribution < 1.29 is 49.0 Å². The van der Waals surface area contributed by atoms with Crippen molar-refractivity contribution in [3.8, 4) is 35.1 Å². The van der Waals surface area contributed by atoms with Gasteiger partial charge in [-0.2, -0.15) is 10.5 Å². The molecule has 0 bridgehead atoms. The van der Waals surface area contributed by atoms with Crippen LogP contribution in [-0.4, -0.2) is 26.2 Å². The third kappa shape index (κ3) is 7.72. The number of carbonyl (C=O) groups excluding carboxylic acids is 1. The standard InChI is InChI=1S/C16H9F3N2O2S.C16H8F3NO3S/c1-21-11-5-10(17)6-12(7-11)23-13-4-3-9(8-20)15(24(2)22)14(13)16(18)19;17-9-3-8(6-20)4-10(5-9)23-13-2-1-11-12(21)7-24(22)15(11)14(13)16(18)19/h3-7,16H,2H3;1-5,16H,7H2. The summed E-state index contributed by atoms with van der Waals surface area (Å²) in [6, 6.07) is 14.4. The molecule has 0 radical (unpaired) electrons. The van der Waals surface area contributed by atoms with Crippen molar-refractivity contribution in [3.63, 3.8) is 0 Å². The van der Waals surface area contributed by atoms with Gasteiger partial charge in [0.25, 0.3) is 12.9 Å². The van der Waals surface area contributed by atoms with Crippen LogP contribution in [0.4, 0.5) is 32.0 Å². The number of rotatable bonds is 7. The van der Waals surface area contributed by atoms with Gasteiger partial charge in [0.15, 0.2) is 11.5 Å². The van der Waals surface area contributed by atoms with E-state index in [1.54, 1.807) is 12.1 Å². The summed E-state index contributed by atoms with van der Waals surface area (Å²) in [5, 5.41) is 17.8. The highest BCUT2D eigenvalue weighted by molar-refractivity contribution is 7.86. The summed E-state index contributed by atoms with van der Waals surface area (Å²) in [5.41, 5.74) is -1.62. The van der Waals surface area contributed by atoms with Crippen molar-refractivity contribution in [2.75, 3.05) is 12.0 Å². The van der Waals surface area contributed by atoms with Crippen LogP contribution in [0.2, 0.25) is 0 Å². The molecule has 244 valence electrons. The Bertz CT molecular complexity index is 2120. The highest BCUT2D eigenvalue weighted by Crippen LogP contribution is 2.41. The fraction of sp³-hybridized carbons (Fsp3) is 0.125. The summed E-state index contributed by atoms with van der Waals surface area (Å²) in [6.07, 6.45) is -4.92. The van der Waals surface area contributed by atoms with Crippen molar-refractivity contribution in [1.82, 2.24) is 0 Å². The molecule has 1 aliphatic heterocycles. The van der Waals surface area contributed by atoms with Crippen LogP contribution in [0, 0.1) is 40.9 Å². The van der Waals surface area contributed by atoms with E-state index in [9.17, 15) is 39.6 Å². The molecule has 16 heteroatoms. The third-order valence-electron chi connectivity index (χ3n) is 6.39. The number of benzene rings is 4. The lowest BCUT2D eigenvalue weighted by Gasteiger charge is -2.15. The van der Waals surface area contributed by atoms with E-state index in [2.05, 4.69) is 4.85 Å². The lowest BCUT2D eigenvalue weighted by molar-refractivity contribution is 0.102. The van der Waals surface area contributed by atoms with Crippen LogP contribution in [0.25, 0.3) is 4.85 Å². The first-order chi connectivity index (χ1) is 22.8. The summed E-state index contributed by atoms with van der Waals surface area (Å²) in [7, 11) is -3.73. The van der Waals surface area contributed by atoms with Crippen molar-refractivity contribution in [2.24, 2.45) is 0 Å². The fourth-order valence-corrected chi connectivity index (χ4v) is 6.82. The molecule has 4 aromatic rings. The minimum Gasteiger partial charge on any atom is -0.458 e. The molecule has 4 aromatic carbocycles. The number of hydrogen-bond acceptors (Lipinski definition) is 7. The van der Waals surface area contributed by atoms with E-state index in [1.165, 1.54) is 30.5 Å². The van der Waals surface area contributed by atoms with E-state index in [0.717, 1.165) is 36.4 Å². The first-order valence-electron chi connectivity index (χ1n) is 13.1. The zero-order chi connectivity index (χ0) is 35.3. The number of halogens is 6. The fourth-order valence-electron chi connectivity index (χ4n) is 4.50. The van der Waals surface area contributed by atoms with E-state index in [1.807, 2.05) is 0 Å². The Balaban J connectivity index is 0.000000217. The number of alkyl halides is 4. The van der Waals surface area contributed by atoms with E-state index < -0.39 is 63.0 Å². The van der Waals surface area contributed by atoms with Gasteiger partial charge in [-0.25, -0.2) is 31.2 Å². The highest BCUT2D eigenvalue weighted by Gasteiger charge is 2.34. The molecule has 0 saturated heterocycles. The lowest BCUT2D eigenvalue weighted by Crippen LogP contribution is -2.03. The molecule has 2 unspecified atom stereocenters. The smallest absolute Gasteiger partial charge is 0.268 e. The molecule has 0 fully saturated rings. The number of nitrogens with zero attached hydrogens (tertiary/aromatic N) is 3. The van der Waals surface area contributed by atoms with Crippen LogP contribution >= 0.6 is 0 Å². The molecule has 0 aromatic heterocycles. The van der Waals surface area contributed by atoms with E-state index >= 15 is 0 Å². The van der Waals surface area contributed by atoms with Crippen molar-refractivity contribution in [2.45, 2.75) is 22.6 Å². The Kier molecular flexibility index (Phi) is 11.0. The number of hydrogen-bond donors (Lipinski definition) is 0. The second-order valence-corrected chi connectivity index (χ2v) is 12.2. The predicted molar refractivity (Wildman–Crippen MR) is 159 cm³/mol. The zero-order valence-corrected chi connectivity index (χ0v) is 25.7. The Hall–Kier alpha value is -5.50. The molecule has 1 aliphatic rings. The normalized spacial score (nSPS) is 13.9. The Morgan fingerprint density at radius 1 is 0.875 bits per heavy atom. The van der Waals surface area contributed by atoms with Gasteiger partial charge in [-0.05, 0) is 48.5 Å². The third-order valence-corrected chi connectivity index (χ3v) is 8.82. The summed E-state index contributed by atoms with van der Waals surface area (Å²) in [4.78, 5) is 14.2. The first-order valence-corrected chi connectivity index (χ1v) is 15.9. The van der Waals surface area contributed by atoms with Gasteiger partial charge < -0.3 is 9.47 Å². The summed E-state index contributed by atoms with van der Waals surface area (Å²) in [5.74, 6) is -3.33. The number of carbonyl (C=O) groups is 1. The number of ether oxygens (including phenoxy) is 2. The largest absolute Gasteiger partial charge is 0.458 e. The molecular formula is C32H17F6N3O5S2. The van der Waals surface area contributed by atoms with Gasteiger partial charge in [0.1, 0.15) is 40.7 Å². The Morgan fingerprint density at radius 3 is 2.02 bits per heavy atom.